The molecule has 108 valence electrons. The van der Waals surface area contributed by atoms with Crippen LogP contribution in [-0.4, -0.2) is 22.4 Å². The molecule has 0 bridgehead atoms. The Hall–Kier alpha value is -0.0800. The average molecular weight is 256 g/mol. The molecule has 0 saturated heterocycles. The van der Waals surface area contributed by atoms with Crippen molar-refractivity contribution in [3.8, 4) is 0 Å². The minimum Gasteiger partial charge on any atom is -0.393 e. The summed E-state index contributed by atoms with van der Waals surface area (Å²) in [4.78, 5) is 0. The second-order valence-corrected chi connectivity index (χ2v) is 6.84. The van der Waals surface area contributed by atoms with E-state index in [9.17, 15) is 10.2 Å². The van der Waals surface area contributed by atoms with Gasteiger partial charge in [-0.3, -0.25) is 0 Å². The summed E-state index contributed by atoms with van der Waals surface area (Å²) in [5.74, 6) is 2.36. The van der Waals surface area contributed by atoms with Gasteiger partial charge in [-0.05, 0) is 49.4 Å². The molecule has 0 aliphatic heterocycles. The highest BCUT2D eigenvalue weighted by atomic mass is 16.3. The highest BCUT2D eigenvalue weighted by molar-refractivity contribution is 4.76. The molecule has 2 nitrogen and oxygen atoms in total. The molecule has 0 heterocycles. The van der Waals surface area contributed by atoms with Gasteiger partial charge in [0.05, 0.1) is 12.2 Å². The fourth-order valence-corrected chi connectivity index (χ4v) is 3.17. The van der Waals surface area contributed by atoms with Crippen molar-refractivity contribution in [2.75, 3.05) is 0 Å². The summed E-state index contributed by atoms with van der Waals surface area (Å²) in [7, 11) is 0. The summed E-state index contributed by atoms with van der Waals surface area (Å²) in [6.45, 7) is 8.63. The monoisotopic (exact) mass is 256 g/mol. The molecule has 2 N–H and O–H groups in total. The average Bonchev–Trinajstić information content (AvgIpc) is 2.32. The summed E-state index contributed by atoms with van der Waals surface area (Å²) in [6, 6.07) is 0. The van der Waals surface area contributed by atoms with Crippen molar-refractivity contribution >= 4 is 0 Å². The molecule has 0 aromatic carbocycles. The van der Waals surface area contributed by atoms with Gasteiger partial charge in [0.25, 0.3) is 0 Å². The molecule has 2 aliphatic rings. The lowest BCUT2D eigenvalue weighted by Crippen LogP contribution is -2.29. The smallest absolute Gasteiger partial charge is 0.0591 e. The number of hydrogen-bond donors (Lipinski definition) is 2. The maximum Gasteiger partial charge on any atom is 0.0591 e. The Bertz CT molecular complexity index is 219. The van der Waals surface area contributed by atoms with Crippen molar-refractivity contribution in [1.82, 2.24) is 0 Å². The van der Waals surface area contributed by atoms with Crippen molar-refractivity contribution in [1.29, 1.82) is 0 Å². The zero-order chi connectivity index (χ0) is 13.7. The predicted molar refractivity (Wildman–Crippen MR) is 76.4 cm³/mol. The van der Waals surface area contributed by atoms with Crippen LogP contribution in [0.15, 0.2) is 0 Å². The molecule has 0 spiro atoms. The van der Waals surface area contributed by atoms with E-state index in [4.69, 9.17) is 0 Å². The molecular formula is C16H32O2. The molecule has 0 aromatic rings. The van der Waals surface area contributed by atoms with E-state index >= 15 is 0 Å². The van der Waals surface area contributed by atoms with Crippen molar-refractivity contribution in [2.24, 2.45) is 23.7 Å². The molecule has 0 amide bonds. The number of rotatable bonds is 0. The van der Waals surface area contributed by atoms with Crippen molar-refractivity contribution in [2.45, 2.75) is 78.4 Å². The summed E-state index contributed by atoms with van der Waals surface area (Å²) >= 11 is 0. The second kappa shape index (κ2) is 7.49. The first-order chi connectivity index (χ1) is 8.41. The summed E-state index contributed by atoms with van der Waals surface area (Å²) in [5, 5.41) is 18.8. The van der Waals surface area contributed by atoms with Crippen LogP contribution in [0.3, 0.4) is 0 Å². The van der Waals surface area contributed by atoms with Crippen LogP contribution in [0, 0.1) is 23.7 Å². The zero-order valence-corrected chi connectivity index (χ0v) is 12.6. The molecule has 2 fully saturated rings. The van der Waals surface area contributed by atoms with Crippen molar-refractivity contribution < 1.29 is 10.2 Å². The van der Waals surface area contributed by atoms with E-state index in [0.717, 1.165) is 12.3 Å². The van der Waals surface area contributed by atoms with Crippen molar-refractivity contribution in [3.63, 3.8) is 0 Å². The number of hydrogen-bond acceptors (Lipinski definition) is 2. The third-order valence-electron chi connectivity index (χ3n) is 4.90. The maximum atomic E-state index is 9.45. The fraction of sp³-hybridized carbons (Fsp3) is 1.00. The zero-order valence-electron chi connectivity index (χ0n) is 12.6. The largest absolute Gasteiger partial charge is 0.393 e. The first-order valence-electron chi connectivity index (χ1n) is 7.78. The standard InChI is InChI=1S/2C8H16O/c1-6-3-4-7(2)8(9)5-6;1-6-4-3-5-7(2)8(6)9/h2*6-9H,3-5H2,1-2H3. The van der Waals surface area contributed by atoms with Gasteiger partial charge in [-0.1, -0.05) is 40.5 Å². The van der Waals surface area contributed by atoms with Crippen LogP contribution in [-0.2, 0) is 0 Å². The normalized spacial score (nSPS) is 45.0. The first-order valence-corrected chi connectivity index (χ1v) is 7.78. The van der Waals surface area contributed by atoms with Gasteiger partial charge in [0.15, 0.2) is 0 Å². The molecule has 2 saturated carbocycles. The van der Waals surface area contributed by atoms with E-state index in [1.807, 2.05) is 0 Å². The summed E-state index contributed by atoms with van der Waals surface area (Å²) < 4.78 is 0. The van der Waals surface area contributed by atoms with Gasteiger partial charge in [0.1, 0.15) is 0 Å². The fourth-order valence-electron chi connectivity index (χ4n) is 3.17. The lowest BCUT2D eigenvalue weighted by Gasteiger charge is -2.29. The first kappa shape index (κ1) is 16.0. The SMILES string of the molecule is CC1CCC(C)C(O)C1.CC1CCCC(C)C1O. The van der Waals surface area contributed by atoms with Crippen LogP contribution in [0.5, 0.6) is 0 Å². The molecule has 5 unspecified atom stereocenters. The Balaban J connectivity index is 0.000000180. The summed E-state index contributed by atoms with van der Waals surface area (Å²) in [6.07, 6.45) is 7.21. The molecule has 5 atom stereocenters. The summed E-state index contributed by atoms with van der Waals surface area (Å²) in [5.41, 5.74) is 0. The molecule has 2 aliphatic carbocycles. The Kier molecular flexibility index (Phi) is 6.65. The molecule has 0 radical (unpaired) electrons. The molecule has 2 rings (SSSR count). The van der Waals surface area contributed by atoms with E-state index in [0.29, 0.717) is 17.8 Å². The van der Waals surface area contributed by atoms with Gasteiger partial charge < -0.3 is 10.2 Å². The van der Waals surface area contributed by atoms with E-state index in [2.05, 4.69) is 27.7 Å². The molecule has 2 heteroatoms. The predicted octanol–water partition coefficient (Wildman–Crippen LogP) is 3.61. The Morgan fingerprint density at radius 1 is 0.722 bits per heavy atom. The third-order valence-corrected chi connectivity index (χ3v) is 4.90. The number of aliphatic hydroxyl groups is 2. The maximum absolute atomic E-state index is 9.45. The number of aliphatic hydroxyl groups excluding tert-OH is 2. The van der Waals surface area contributed by atoms with Gasteiger partial charge in [0.2, 0.25) is 0 Å². The van der Waals surface area contributed by atoms with E-state index in [1.54, 1.807) is 0 Å². The second-order valence-electron chi connectivity index (χ2n) is 6.84. The van der Waals surface area contributed by atoms with Crippen LogP contribution in [0.4, 0.5) is 0 Å². The molecular weight excluding hydrogens is 224 g/mol. The van der Waals surface area contributed by atoms with E-state index < -0.39 is 0 Å². The van der Waals surface area contributed by atoms with E-state index in [-0.39, 0.29) is 12.2 Å². The Labute approximate surface area is 113 Å². The van der Waals surface area contributed by atoms with Crippen LogP contribution in [0.25, 0.3) is 0 Å². The topological polar surface area (TPSA) is 40.5 Å². The highest BCUT2D eigenvalue weighted by Crippen LogP contribution is 2.28. The van der Waals surface area contributed by atoms with E-state index in [1.165, 1.54) is 32.1 Å². The quantitative estimate of drug-likeness (QED) is 0.695. The van der Waals surface area contributed by atoms with Gasteiger partial charge in [-0.15, -0.1) is 0 Å². The van der Waals surface area contributed by atoms with Crippen molar-refractivity contribution in [3.05, 3.63) is 0 Å². The van der Waals surface area contributed by atoms with Gasteiger partial charge in [-0.25, -0.2) is 0 Å². The minimum atomic E-state index is -0.0289. The third kappa shape index (κ3) is 4.89. The minimum absolute atomic E-state index is 0.0197. The van der Waals surface area contributed by atoms with Gasteiger partial charge >= 0.3 is 0 Å². The van der Waals surface area contributed by atoms with Crippen LogP contribution in [0.2, 0.25) is 0 Å². The lowest BCUT2D eigenvalue weighted by molar-refractivity contribution is 0.0334. The highest BCUT2D eigenvalue weighted by Gasteiger charge is 2.25. The van der Waals surface area contributed by atoms with Crippen LogP contribution < -0.4 is 0 Å². The van der Waals surface area contributed by atoms with Gasteiger partial charge in [-0.2, -0.15) is 0 Å². The van der Waals surface area contributed by atoms with Crippen LogP contribution in [0.1, 0.15) is 66.2 Å². The molecule has 18 heavy (non-hydrogen) atoms. The lowest BCUT2D eigenvalue weighted by atomic mass is 9.81. The van der Waals surface area contributed by atoms with Gasteiger partial charge in [0, 0.05) is 0 Å². The Morgan fingerprint density at radius 3 is 1.67 bits per heavy atom. The Morgan fingerprint density at radius 2 is 1.28 bits per heavy atom. The molecule has 0 aromatic heterocycles. The van der Waals surface area contributed by atoms with Crippen LogP contribution >= 0.6 is 0 Å².